The van der Waals surface area contributed by atoms with Gasteiger partial charge in [0.1, 0.15) is 0 Å². The number of hydrogen-bond acceptors (Lipinski definition) is 3. The van der Waals surface area contributed by atoms with E-state index in [9.17, 15) is 8.42 Å². The van der Waals surface area contributed by atoms with Crippen molar-refractivity contribution in [3.05, 3.63) is 28.7 Å². The Bertz CT molecular complexity index is 462. The number of halogens is 1. The fourth-order valence-corrected chi connectivity index (χ4v) is 4.19. The Morgan fingerprint density at radius 2 is 2.06 bits per heavy atom. The van der Waals surface area contributed by atoms with Crippen molar-refractivity contribution in [2.24, 2.45) is 5.92 Å². The summed E-state index contributed by atoms with van der Waals surface area (Å²) in [6.07, 6.45) is 2.01. The Balaban J connectivity index is 2.73. The summed E-state index contributed by atoms with van der Waals surface area (Å²) in [7, 11) is -3.41. The third-order valence-electron chi connectivity index (χ3n) is 2.20. The highest BCUT2D eigenvalue weighted by Crippen LogP contribution is 2.20. The Kier molecular flexibility index (Phi) is 5.99. The van der Waals surface area contributed by atoms with Gasteiger partial charge in [0.2, 0.25) is 10.0 Å². The zero-order valence-corrected chi connectivity index (χ0v) is 13.0. The lowest BCUT2D eigenvalue weighted by Gasteiger charge is -2.12. The molecule has 0 radical (unpaired) electrons. The van der Waals surface area contributed by atoms with Crippen LogP contribution in [-0.2, 0) is 10.0 Å². The van der Waals surface area contributed by atoms with E-state index >= 15 is 0 Å². The normalized spacial score (nSPS) is 13.6. The third kappa shape index (κ3) is 4.62. The van der Waals surface area contributed by atoms with Crippen LogP contribution in [0.1, 0.15) is 6.92 Å². The van der Waals surface area contributed by atoms with Crippen molar-refractivity contribution in [3.63, 3.8) is 0 Å². The average molecular weight is 338 g/mol. The molecule has 0 saturated carbocycles. The molecule has 0 amide bonds. The van der Waals surface area contributed by atoms with Gasteiger partial charge in [-0.25, -0.2) is 13.1 Å². The van der Waals surface area contributed by atoms with Gasteiger partial charge in [0.05, 0.1) is 4.90 Å². The first-order chi connectivity index (χ1) is 7.97. The zero-order chi connectivity index (χ0) is 12.9. The van der Waals surface area contributed by atoms with Crippen LogP contribution in [0.15, 0.2) is 33.6 Å². The lowest BCUT2D eigenvalue weighted by atomic mass is 10.2. The van der Waals surface area contributed by atoms with Gasteiger partial charge >= 0.3 is 0 Å². The second-order valence-electron chi connectivity index (χ2n) is 3.84. The minimum Gasteiger partial charge on any atom is -0.211 e. The molecule has 1 N–H and O–H groups in total. The first-order valence-electron chi connectivity index (χ1n) is 5.20. The Hall–Kier alpha value is -0.0400. The second kappa shape index (κ2) is 6.78. The predicted octanol–water partition coefficient (Wildman–Crippen LogP) is 2.73. The Labute approximate surface area is 116 Å². The van der Waals surface area contributed by atoms with Gasteiger partial charge in [-0.15, -0.1) is 0 Å². The maximum Gasteiger partial charge on any atom is 0.241 e. The standard InChI is InChI=1S/C11H16BrNO2S2/c1-9(8-16-2)7-13-17(14,15)11-6-4-3-5-10(11)12/h3-6,9,13H,7-8H2,1-2H3. The van der Waals surface area contributed by atoms with Crippen molar-refractivity contribution in [2.75, 3.05) is 18.6 Å². The molecule has 1 rings (SSSR count). The van der Waals surface area contributed by atoms with Gasteiger partial charge in [-0.1, -0.05) is 19.1 Å². The smallest absolute Gasteiger partial charge is 0.211 e. The van der Waals surface area contributed by atoms with E-state index in [1.165, 1.54) is 0 Å². The van der Waals surface area contributed by atoms with Crippen LogP contribution in [0.3, 0.4) is 0 Å². The summed E-state index contributed by atoms with van der Waals surface area (Å²) in [5, 5.41) is 0. The topological polar surface area (TPSA) is 46.2 Å². The van der Waals surface area contributed by atoms with Crippen LogP contribution in [0.25, 0.3) is 0 Å². The highest BCUT2D eigenvalue weighted by atomic mass is 79.9. The summed E-state index contributed by atoms with van der Waals surface area (Å²) in [5.74, 6) is 1.26. The second-order valence-corrected chi connectivity index (χ2v) is 7.34. The molecule has 0 aliphatic heterocycles. The van der Waals surface area contributed by atoms with Crippen LogP contribution in [-0.4, -0.2) is 27.0 Å². The molecule has 1 aromatic rings. The van der Waals surface area contributed by atoms with Crippen molar-refractivity contribution in [2.45, 2.75) is 11.8 Å². The number of benzene rings is 1. The monoisotopic (exact) mass is 337 g/mol. The fraction of sp³-hybridized carbons (Fsp3) is 0.455. The largest absolute Gasteiger partial charge is 0.241 e. The number of nitrogens with one attached hydrogen (secondary N) is 1. The Morgan fingerprint density at radius 1 is 1.41 bits per heavy atom. The average Bonchev–Trinajstić information content (AvgIpc) is 2.27. The van der Waals surface area contributed by atoms with Crippen molar-refractivity contribution in [1.29, 1.82) is 0 Å². The maximum atomic E-state index is 12.0. The van der Waals surface area contributed by atoms with Gasteiger partial charge in [0, 0.05) is 11.0 Å². The molecule has 0 spiro atoms. The molecular formula is C11H16BrNO2S2. The molecule has 0 aromatic heterocycles. The SMILES string of the molecule is CSCC(C)CNS(=O)(=O)c1ccccc1Br. The van der Waals surface area contributed by atoms with Gasteiger partial charge in [0.15, 0.2) is 0 Å². The molecule has 0 saturated heterocycles. The highest BCUT2D eigenvalue weighted by Gasteiger charge is 2.17. The number of rotatable bonds is 6. The molecule has 0 aliphatic carbocycles. The minimum atomic E-state index is -3.41. The van der Waals surface area contributed by atoms with Crippen LogP contribution < -0.4 is 4.72 Å². The van der Waals surface area contributed by atoms with Crippen molar-refractivity contribution < 1.29 is 8.42 Å². The molecular weight excluding hydrogens is 322 g/mol. The van der Waals surface area contributed by atoms with E-state index in [1.807, 2.05) is 13.2 Å². The van der Waals surface area contributed by atoms with Crippen LogP contribution in [0.5, 0.6) is 0 Å². The lowest BCUT2D eigenvalue weighted by Crippen LogP contribution is -2.29. The summed E-state index contributed by atoms with van der Waals surface area (Å²) < 4.78 is 27.2. The summed E-state index contributed by atoms with van der Waals surface area (Å²) in [6, 6.07) is 6.82. The summed E-state index contributed by atoms with van der Waals surface area (Å²) >= 11 is 4.96. The van der Waals surface area contributed by atoms with E-state index in [0.29, 0.717) is 16.9 Å². The zero-order valence-electron chi connectivity index (χ0n) is 9.81. The Morgan fingerprint density at radius 3 is 2.65 bits per heavy atom. The molecule has 1 aromatic carbocycles. The van der Waals surface area contributed by atoms with Gasteiger partial charge < -0.3 is 0 Å². The van der Waals surface area contributed by atoms with E-state index in [1.54, 1.807) is 36.0 Å². The van der Waals surface area contributed by atoms with E-state index < -0.39 is 10.0 Å². The van der Waals surface area contributed by atoms with Gasteiger partial charge in [-0.3, -0.25) is 0 Å². The molecule has 1 unspecified atom stereocenters. The first-order valence-corrected chi connectivity index (χ1v) is 8.87. The molecule has 6 heteroatoms. The molecule has 3 nitrogen and oxygen atoms in total. The first kappa shape index (κ1) is 15.0. The van der Waals surface area contributed by atoms with Crippen LogP contribution in [0.2, 0.25) is 0 Å². The summed E-state index contributed by atoms with van der Waals surface area (Å²) in [4.78, 5) is 0.288. The molecule has 1 atom stereocenters. The van der Waals surface area contributed by atoms with Crippen LogP contribution >= 0.6 is 27.7 Å². The third-order valence-corrected chi connectivity index (χ3v) is 5.54. The number of thioether (sulfide) groups is 1. The number of sulfonamides is 1. The quantitative estimate of drug-likeness (QED) is 0.868. The van der Waals surface area contributed by atoms with Crippen molar-refractivity contribution >= 4 is 37.7 Å². The molecule has 0 heterocycles. The molecule has 96 valence electrons. The molecule has 0 bridgehead atoms. The summed E-state index contributed by atoms with van der Waals surface area (Å²) in [6.45, 7) is 2.49. The lowest BCUT2D eigenvalue weighted by molar-refractivity contribution is 0.562. The minimum absolute atomic E-state index is 0.288. The summed E-state index contributed by atoms with van der Waals surface area (Å²) in [5.41, 5.74) is 0. The molecule has 17 heavy (non-hydrogen) atoms. The van der Waals surface area contributed by atoms with Gasteiger partial charge in [-0.2, -0.15) is 11.8 Å². The van der Waals surface area contributed by atoms with E-state index in [-0.39, 0.29) is 4.90 Å². The fourth-order valence-electron chi connectivity index (χ4n) is 1.34. The molecule has 0 fully saturated rings. The van der Waals surface area contributed by atoms with E-state index in [0.717, 1.165) is 5.75 Å². The van der Waals surface area contributed by atoms with E-state index in [4.69, 9.17) is 0 Å². The van der Waals surface area contributed by atoms with Gasteiger partial charge in [0.25, 0.3) is 0 Å². The predicted molar refractivity (Wildman–Crippen MR) is 76.9 cm³/mol. The molecule has 0 aliphatic rings. The van der Waals surface area contributed by atoms with Crippen molar-refractivity contribution in [1.82, 2.24) is 4.72 Å². The van der Waals surface area contributed by atoms with Crippen LogP contribution in [0.4, 0.5) is 0 Å². The van der Waals surface area contributed by atoms with Crippen LogP contribution in [0, 0.1) is 5.92 Å². The van der Waals surface area contributed by atoms with Crippen molar-refractivity contribution in [3.8, 4) is 0 Å². The van der Waals surface area contributed by atoms with Gasteiger partial charge in [-0.05, 0) is 46.0 Å². The highest BCUT2D eigenvalue weighted by molar-refractivity contribution is 9.10. The van der Waals surface area contributed by atoms with E-state index in [2.05, 4.69) is 20.7 Å². The number of hydrogen-bond donors (Lipinski definition) is 1. The maximum absolute atomic E-state index is 12.0.